The van der Waals surface area contributed by atoms with E-state index in [0.717, 1.165) is 0 Å². The molecule has 0 spiro atoms. The molecule has 3 rings (SSSR count). The average molecular weight is 465 g/mol. The summed E-state index contributed by atoms with van der Waals surface area (Å²) in [4.78, 5) is 53.6. The predicted molar refractivity (Wildman–Crippen MR) is 118 cm³/mol. The second-order valence-corrected chi connectivity index (χ2v) is 11.1. The Morgan fingerprint density at radius 1 is 1.12 bits per heavy atom. The van der Waals surface area contributed by atoms with E-state index in [0.29, 0.717) is 0 Å². The number of carboxylic acid groups (broad SMARTS) is 1. The molecule has 2 saturated heterocycles. The number of benzene rings is 1. The van der Waals surface area contributed by atoms with E-state index >= 15 is 0 Å². The lowest BCUT2D eigenvalue weighted by Crippen LogP contribution is -2.83. The van der Waals surface area contributed by atoms with Crippen LogP contribution < -0.4 is 14.8 Å². The fraction of sp³-hybridized carbons (Fsp3) is 0.545. The zero-order valence-corrected chi connectivity index (χ0v) is 20.0. The number of nitrogens with one attached hydrogen (secondary N) is 1. The molecule has 1 aromatic carbocycles. The summed E-state index contributed by atoms with van der Waals surface area (Å²) in [6.07, 6.45) is 0. The maximum Gasteiger partial charge on any atom is 0.327 e. The number of hydrogen-bond donors (Lipinski definition) is 2. The topological polar surface area (TPSA) is 122 Å². The highest BCUT2D eigenvalue weighted by Gasteiger charge is 2.75. The van der Waals surface area contributed by atoms with Gasteiger partial charge in [-0.15, -0.1) is 11.8 Å². The Kier molecular flexibility index (Phi) is 5.74. The zero-order chi connectivity index (χ0) is 24.2. The first-order valence-corrected chi connectivity index (χ1v) is 10.9. The molecule has 1 aromatic rings. The minimum Gasteiger partial charge on any atom is -0.496 e. The summed E-state index contributed by atoms with van der Waals surface area (Å²) in [5.41, 5.74) is -2.85. The van der Waals surface area contributed by atoms with Gasteiger partial charge in [0.25, 0.3) is 11.8 Å². The molecule has 0 saturated carbocycles. The van der Waals surface area contributed by atoms with Crippen molar-refractivity contribution in [2.45, 2.75) is 56.3 Å². The number of ether oxygens (including phenoxy) is 2. The maximum atomic E-state index is 13.6. The summed E-state index contributed by atoms with van der Waals surface area (Å²) in [6.45, 7) is 8.38. The summed E-state index contributed by atoms with van der Waals surface area (Å²) in [5.74, 6) is -2.67. The van der Waals surface area contributed by atoms with Crippen LogP contribution in [-0.2, 0) is 14.4 Å². The van der Waals surface area contributed by atoms with Crippen molar-refractivity contribution >= 4 is 35.3 Å². The van der Waals surface area contributed by atoms with Crippen LogP contribution >= 0.6 is 11.8 Å². The van der Waals surface area contributed by atoms with E-state index in [1.165, 1.54) is 30.9 Å². The van der Waals surface area contributed by atoms with Crippen LogP contribution in [0.2, 0.25) is 0 Å². The minimum atomic E-state index is -1.91. The number of carbonyl (C=O) groups is 4. The Labute approximate surface area is 190 Å². The quantitative estimate of drug-likeness (QED) is 0.484. The fourth-order valence-corrected chi connectivity index (χ4v) is 6.04. The molecule has 9 nitrogen and oxygen atoms in total. The number of nitrogens with zero attached hydrogens (tertiary/aromatic N) is 1. The number of carbonyl (C=O) groups excluding carboxylic acids is 3. The standard InChI is InChI=1S/C22H28N2O7S/c1-20(2,3)17(28)22(18(29)24-14(16(26)27)21(4,5)32-19(22)24)23-15(25)13-11(30-6)9-8-10-12(13)31-7/h8-10,14,19H,1-7H3,(H,23,25)(H,26,27)/t14-,19+,22-/m0/s1. The molecule has 2 heterocycles. The number of ketones is 1. The monoisotopic (exact) mass is 464 g/mol. The first-order valence-electron chi connectivity index (χ1n) is 10.1. The number of carboxylic acids is 1. The average Bonchev–Trinajstić information content (AvgIpc) is 2.98. The molecule has 0 radical (unpaired) electrons. The zero-order valence-electron chi connectivity index (χ0n) is 19.1. The van der Waals surface area contributed by atoms with Crippen LogP contribution in [0.1, 0.15) is 45.0 Å². The molecule has 32 heavy (non-hydrogen) atoms. The smallest absolute Gasteiger partial charge is 0.327 e. The normalized spacial score (nSPS) is 26.1. The number of thioether (sulfide) groups is 1. The van der Waals surface area contributed by atoms with Crippen molar-refractivity contribution in [3.05, 3.63) is 23.8 Å². The second-order valence-electron chi connectivity index (χ2n) is 9.41. The van der Waals surface area contributed by atoms with E-state index in [9.17, 15) is 24.3 Å². The molecular weight excluding hydrogens is 436 g/mol. The predicted octanol–water partition coefficient (Wildman–Crippen LogP) is 1.93. The lowest BCUT2D eigenvalue weighted by atomic mass is 9.71. The van der Waals surface area contributed by atoms with Crippen molar-refractivity contribution in [1.82, 2.24) is 10.2 Å². The molecule has 0 unspecified atom stereocenters. The molecule has 2 aliphatic rings. The van der Waals surface area contributed by atoms with Crippen molar-refractivity contribution in [3.63, 3.8) is 0 Å². The van der Waals surface area contributed by atoms with Gasteiger partial charge in [-0.05, 0) is 26.0 Å². The van der Waals surface area contributed by atoms with Gasteiger partial charge in [0.05, 0.1) is 14.2 Å². The summed E-state index contributed by atoms with van der Waals surface area (Å²) in [5, 5.41) is 11.5. The lowest BCUT2D eigenvalue weighted by Gasteiger charge is -2.53. The molecule has 0 aliphatic carbocycles. The number of Topliss-reactive ketones (excluding diaryl/α,β-unsaturated/α-hetero) is 1. The molecule has 174 valence electrons. The van der Waals surface area contributed by atoms with Gasteiger partial charge in [-0.2, -0.15) is 0 Å². The van der Waals surface area contributed by atoms with E-state index in [4.69, 9.17) is 9.47 Å². The van der Waals surface area contributed by atoms with Gasteiger partial charge in [-0.1, -0.05) is 26.8 Å². The van der Waals surface area contributed by atoms with Crippen molar-refractivity contribution in [1.29, 1.82) is 0 Å². The van der Waals surface area contributed by atoms with E-state index in [2.05, 4.69) is 5.32 Å². The van der Waals surface area contributed by atoms with Gasteiger partial charge in [0.2, 0.25) is 5.54 Å². The number of β-lactam (4-membered cyclic amide) rings is 1. The Bertz CT molecular complexity index is 978. The summed E-state index contributed by atoms with van der Waals surface area (Å²) >= 11 is 1.19. The highest BCUT2D eigenvalue weighted by Crippen LogP contribution is 2.56. The summed E-state index contributed by atoms with van der Waals surface area (Å²) in [6, 6.07) is 3.66. The second kappa shape index (κ2) is 7.68. The van der Waals surface area contributed by atoms with Crippen LogP contribution in [-0.4, -0.2) is 69.5 Å². The van der Waals surface area contributed by atoms with Crippen LogP contribution in [0.5, 0.6) is 11.5 Å². The molecule has 2 aliphatic heterocycles. The largest absolute Gasteiger partial charge is 0.496 e. The maximum absolute atomic E-state index is 13.6. The van der Waals surface area contributed by atoms with Crippen LogP contribution in [0.15, 0.2) is 18.2 Å². The Morgan fingerprint density at radius 3 is 2.09 bits per heavy atom. The van der Waals surface area contributed by atoms with Crippen molar-refractivity contribution in [2.75, 3.05) is 14.2 Å². The summed E-state index contributed by atoms with van der Waals surface area (Å²) in [7, 11) is 2.79. The van der Waals surface area contributed by atoms with E-state index in [1.807, 2.05) is 0 Å². The number of hydrogen-bond acceptors (Lipinski definition) is 7. The van der Waals surface area contributed by atoms with E-state index in [1.54, 1.807) is 52.8 Å². The minimum absolute atomic E-state index is 0.0434. The highest BCUT2D eigenvalue weighted by atomic mass is 32.2. The fourth-order valence-electron chi connectivity index (χ4n) is 4.35. The van der Waals surface area contributed by atoms with Gasteiger partial charge >= 0.3 is 5.97 Å². The highest BCUT2D eigenvalue weighted by molar-refractivity contribution is 8.01. The van der Waals surface area contributed by atoms with Crippen LogP contribution in [0.4, 0.5) is 0 Å². The summed E-state index contributed by atoms with van der Waals surface area (Å²) < 4.78 is 9.73. The lowest BCUT2D eigenvalue weighted by molar-refractivity contribution is -0.172. The number of rotatable bonds is 6. The Hall–Kier alpha value is -2.75. The van der Waals surface area contributed by atoms with Crippen LogP contribution in [0, 0.1) is 5.41 Å². The number of aliphatic carboxylic acids is 1. The molecule has 10 heteroatoms. The molecule has 0 aromatic heterocycles. The van der Waals surface area contributed by atoms with Gasteiger partial charge in [0, 0.05) is 10.2 Å². The number of methoxy groups -OCH3 is 2. The van der Waals surface area contributed by atoms with Crippen LogP contribution in [0.25, 0.3) is 0 Å². The first kappa shape index (κ1) is 23.9. The molecule has 2 amide bonds. The van der Waals surface area contributed by atoms with Crippen molar-refractivity contribution in [2.24, 2.45) is 5.41 Å². The first-order chi connectivity index (χ1) is 14.7. The molecular formula is C22H28N2O7S. The molecule has 0 bridgehead atoms. The third-order valence-corrected chi connectivity index (χ3v) is 7.42. The molecule has 3 atom stereocenters. The number of amides is 2. The van der Waals surface area contributed by atoms with Gasteiger partial charge in [-0.25, -0.2) is 4.79 Å². The Balaban J connectivity index is 2.12. The molecule has 2 fully saturated rings. The number of fused-ring (bicyclic) bond motifs is 1. The van der Waals surface area contributed by atoms with Crippen molar-refractivity contribution in [3.8, 4) is 11.5 Å². The molecule has 2 N–H and O–H groups in total. The van der Waals surface area contributed by atoms with Gasteiger partial charge < -0.3 is 24.8 Å². The van der Waals surface area contributed by atoms with Gasteiger partial charge in [-0.3, -0.25) is 14.4 Å². The SMILES string of the molecule is COc1cccc(OC)c1C(=O)N[C@@]1(C(=O)C(C)(C)C)C(=O)N2[C@@H](C(=O)O)C(C)(C)S[C@@H]21. The van der Waals surface area contributed by atoms with Gasteiger partial charge in [0.15, 0.2) is 5.78 Å². The third-order valence-electron chi connectivity index (χ3n) is 5.79. The van der Waals surface area contributed by atoms with E-state index in [-0.39, 0.29) is 17.1 Å². The Morgan fingerprint density at radius 2 is 1.66 bits per heavy atom. The van der Waals surface area contributed by atoms with Gasteiger partial charge in [0.1, 0.15) is 28.5 Å². The third kappa shape index (κ3) is 3.32. The van der Waals surface area contributed by atoms with Crippen LogP contribution in [0.3, 0.4) is 0 Å². The van der Waals surface area contributed by atoms with Crippen molar-refractivity contribution < 1.29 is 33.8 Å². The van der Waals surface area contributed by atoms with E-state index < -0.39 is 50.7 Å².